The molecule has 2 heterocycles. The minimum Gasteiger partial charge on any atom is -0.438 e. The maximum atomic E-state index is 10.4. The van der Waals surface area contributed by atoms with Crippen molar-refractivity contribution in [1.29, 1.82) is 0 Å². The zero-order valence-electron chi connectivity index (χ0n) is 15.8. The Morgan fingerprint density at radius 1 is 1.32 bits per heavy atom. The molecule has 0 spiro atoms. The van der Waals surface area contributed by atoms with Crippen LogP contribution < -0.4 is 4.74 Å². The molecule has 3 rings (SSSR count). The Hall–Kier alpha value is -2.10. The lowest BCUT2D eigenvalue weighted by molar-refractivity contribution is -0.0677. The van der Waals surface area contributed by atoms with Crippen molar-refractivity contribution >= 4 is 12.2 Å². The molecule has 4 atom stereocenters. The predicted octanol–water partition coefficient (Wildman–Crippen LogP) is 2.84. The van der Waals surface area contributed by atoms with Gasteiger partial charge in [0.15, 0.2) is 6.23 Å². The van der Waals surface area contributed by atoms with Gasteiger partial charge in [-0.1, -0.05) is 24.3 Å². The van der Waals surface area contributed by atoms with E-state index in [4.69, 9.17) is 26.4 Å². The maximum Gasteiger partial charge on any atom is 0.223 e. The summed E-state index contributed by atoms with van der Waals surface area (Å²) in [6.45, 7) is 7.44. The summed E-state index contributed by atoms with van der Waals surface area (Å²) < 4.78 is 19.1. The van der Waals surface area contributed by atoms with Crippen LogP contribution in [0, 0.1) is 18.6 Å². The molecule has 1 aliphatic heterocycles. The highest BCUT2D eigenvalue weighted by Gasteiger charge is 2.45. The van der Waals surface area contributed by atoms with E-state index < -0.39 is 24.5 Å². The van der Waals surface area contributed by atoms with Gasteiger partial charge in [0.2, 0.25) is 10.7 Å². The number of aromatic nitrogens is 2. The van der Waals surface area contributed by atoms with Crippen molar-refractivity contribution in [2.45, 2.75) is 38.4 Å². The fourth-order valence-corrected chi connectivity index (χ4v) is 3.42. The molecule has 0 aliphatic carbocycles. The second kappa shape index (κ2) is 8.93. The fraction of sp³-hybridized carbons (Fsp3) is 0.400. The summed E-state index contributed by atoms with van der Waals surface area (Å²) in [5, 5.41) is 19.8. The van der Waals surface area contributed by atoms with Crippen molar-refractivity contribution in [1.82, 2.24) is 9.55 Å². The number of hydrogen-bond donors (Lipinski definition) is 2. The monoisotopic (exact) mass is 404 g/mol. The fourth-order valence-electron chi connectivity index (χ4n) is 3.16. The van der Waals surface area contributed by atoms with Crippen LogP contribution in [-0.4, -0.2) is 51.3 Å². The van der Waals surface area contributed by atoms with Crippen molar-refractivity contribution in [3.05, 3.63) is 59.0 Å². The number of aryl methyl sites for hydroxylation is 2. The first-order valence-electron chi connectivity index (χ1n) is 8.96. The highest BCUT2D eigenvalue weighted by Crippen LogP contribution is 2.33. The number of rotatable bonds is 7. The molecule has 1 aromatic heterocycles. The van der Waals surface area contributed by atoms with Crippen LogP contribution >= 0.6 is 12.2 Å². The summed E-state index contributed by atoms with van der Waals surface area (Å²) >= 11 is 5.41. The number of nitrogens with zero attached hydrogens (tertiary/aromatic N) is 2. The lowest BCUT2D eigenvalue weighted by Crippen LogP contribution is -2.35. The smallest absolute Gasteiger partial charge is 0.223 e. The highest BCUT2D eigenvalue weighted by atomic mass is 32.1. The maximum absolute atomic E-state index is 10.4. The standard InChI is InChI=1S/C20H24N2O5S/c1-4-10-25-18-16(24)14(11-23)26-19(18)22-9-8-15(21-20(22)28)27-17-12(2)6-5-7-13(17)3/h4-9,14,16,18-19,23-24H,1,10-11H2,2-3H3/t14-,16-,18-,19-/m1/s1. The van der Waals surface area contributed by atoms with Gasteiger partial charge in [-0.25, -0.2) is 0 Å². The third kappa shape index (κ3) is 4.16. The van der Waals surface area contributed by atoms with Crippen LogP contribution in [0.5, 0.6) is 11.6 Å². The Kier molecular flexibility index (Phi) is 6.58. The van der Waals surface area contributed by atoms with Gasteiger partial charge in [-0.05, 0) is 37.2 Å². The molecule has 1 saturated heterocycles. The van der Waals surface area contributed by atoms with E-state index in [1.54, 1.807) is 22.9 Å². The van der Waals surface area contributed by atoms with Gasteiger partial charge in [-0.2, -0.15) is 4.98 Å². The van der Waals surface area contributed by atoms with Gasteiger partial charge < -0.3 is 24.4 Å². The average molecular weight is 404 g/mol. The van der Waals surface area contributed by atoms with Crippen molar-refractivity contribution in [2.24, 2.45) is 0 Å². The van der Waals surface area contributed by atoms with Crippen LogP contribution in [0.25, 0.3) is 0 Å². The van der Waals surface area contributed by atoms with E-state index in [1.165, 1.54) is 0 Å². The van der Waals surface area contributed by atoms with Crippen LogP contribution in [0.3, 0.4) is 0 Å². The molecule has 1 aliphatic rings. The number of ether oxygens (including phenoxy) is 3. The summed E-state index contributed by atoms with van der Waals surface area (Å²) in [4.78, 5) is 4.34. The van der Waals surface area contributed by atoms with Crippen molar-refractivity contribution in [3.8, 4) is 11.6 Å². The van der Waals surface area contributed by atoms with E-state index in [-0.39, 0.29) is 18.0 Å². The molecular weight excluding hydrogens is 380 g/mol. The SMILES string of the molecule is C=CCO[C@@H]1[C@H](O)[C@@H](CO)O[C@H]1n1ccc(Oc2c(C)cccc2C)nc1=S. The van der Waals surface area contributed by atoms with Crippen molar-refractivity contribution < 1.29 is 24.4 Å². The normalized spacial score (nSPS) is 24.3. The third-order valence-corrected chi connectivity index (χ3v) is 4.90. The lowest BCUT2D eigenvalue weighted by Gasteiger charge is -2.22. The topological polar surface area (TPSA) is 86.0 Å². The van der Waals surface area contributed by atoms with Crippen LogP contribution in [-0.2, 0) is 9.47 Å². The number of para-hydroxylation sites is 1. The Bertz CT molecular complexity index is 880. The first-order chi connectivity index (χ1) is 13.5. The molecule has 2 N–H and O–H groups in total. The molecule has 0 unspecified atom stereocenters. The van der Waals surface area contributed by atoms with Gasteiger partial charge in [-0.3, -0.25) is 4.57 Å². The van der Waals surface area contributed by atoms with E-state index >= 15 is 0 Å². The molecule has 7 nitrogen and oxygen atoms in total. The Balaban J connectivity index is 1.87. The summed E-state index contributed by atoms with van der Waals surface area (Å²) in [5.74, 6) is 1.10. The molecule has 0 bridgehead atoms. The first kappa shape index (κ1) is 20.6. The van der Waals surface area contributed by atoms with E-state index in [0.29, 0.717) is 5.88 Å². The zero-order valence-corrected chi connectivity index (χ0v) is 16.6. The van der Waals surface area contributed by atoms with E-state index in [1.807, 2.05) is 32.0 Å². The molecule has 0 saturated carbocycles. The Labute approximate surface area is 168 Å². The molecule has 0 radical (unpaired) electrons. The molecule has 2 aromatic rings. The minimum absolute atomic E-state index is 0.215. The van der Waals surface area contributed by atoms with Crippen LogP contribution in [0.15, 0.2) is 43.1 Å². The van der Waals surface area contributed by atoms with Crippen LogP contribution in [0.4, 0.5) is 0 Å². The highest BCUT2D eigenvalue weighted by molar-refractivity contribution is 7.71. The van der Waals surface area contributed by atoms with Crippen LogP contribution in [0.2, 0.25) is 0 Å². The average Bonchev–Trinajstić information content (AvgIpc) is 2.98. The second-order valence-electron chi connectivity index (χ2n) is 6.60. The predicted molar refractivity (Wildman–Crippen MR) is 106 cm³/mol. The van der Waals surface area contributed by atoms with E-state index in [9.17, 15) is 10.2 Å². The number of benzene rings is 1. The summed E-state index contributed by atoms with van der Waals surface area (Å²) in [6.07, 6.45) is 0.0550. The van der Waals surface area contributed by atoms with Gasteiger partial charge in [0, 0.05) is 12.3 Å². The van der Waals surface area contributed by atoms with Gasteiger partial charge in [-0.15, -0.1) is 6.58 Å². The summed E-state index contributed by atoms with van der Waals surface area (Å²) in [7, 11) is 0. The molecule has 1 fully saturated rings. The quantitative estimate of drug-likeness (QED) is 0.542. The number of aliphatic hydroxyl groups is 2. The van der Waals surface area contributed by atoms with E-state index in [0.717, 1.165) is 16.9 Å². The molecule has 0 amide bonds. The molecule has 1 aromatic carbocycles. The summed E-state index contributed by atoms with van der Waals surface area (Å²) in [5.41, 5.74) is 1.99. The third-order valence-electron chi connectivity index (χ3n) is 4.59. The van der Waals surface area contributed by atoms with E-state index in [2.05, 4.69) is 11.6 Å². The lowest BCUT2D eigenvalue weighted by atomic mass is 10.1. The van der Waals surface area contributed by atoms with Crippen LogP contribution in [0.1, 0.15) is 17.4 Å². The number of aliphatic hydroxyl groups excluding tert-OH is 2. The summed E-state index contributed by atoms with van der Waals surface area (Å²) in [6, 6.07) is 7.56. The minimum atomic E-state index is -0.998. The van der Waals surface area contributed by atoms with Gasteiger partial charge in [0.25, 0.3) is 0 Å². The molecular formula is C20H24N2O5S. The van der Waals surface area contributed by atoms with Gasteiger partial charge in [0.1, 0.15) is 24.1 Å². The zero-order chi connectivity index (χ0) is 20.3. The second-order valence-corrected chi connectivity index (χ2v) is 6.97. The Morgan fingerprint density at radius 2 is 2.04 bits per heavy atom. The van der Waals surface area contributed by atoms with Crippen molar-refractivity contribution in [3.63, 3.8) is 0 Å². The molecule has 8 heteroatoms. The van der Waals surface area contributed by atoms with Gasteiger partial charge >= 0.3 is 0 Å². The van der Waals surface area contributed by atoms with Gasteiger partial charge in [0.05, 0.1) is 13.2 Å². The molecule has 28 heavy (non-hydrogen) atoms. The largest absolute Gasteiger partial charge is 0.438 e. The van der Waals surface area contributed by atoms with Crippen molar-refractivity contribution in [2.75, 3.05) is 13.2 Å². The first-order valence-corrected chi connectivity index (χ1v) is 9.37. The Morgan fingerprint density at radius 3 is 2.64 bits per heavy atom. The number of hydrogen-bond acceptors (Lipinski definition) is 7. The molecule has 150 valence electrons.